The minimum Gasteiger partial charge on any atom is -0.493 e. The first kappa shape index (κ1) is 20.6. The first-order valence-electron chi connectivity index (χ1n) is 9.59. The number of rotatable bonds is 5. The molecule has 1 unspecified atom stereocenters. The molecule has 1 aromatic heterocycles. The van der Waals surface area contributed by atoms with Gasteiger partial charge in [0, 0.05) is 10.6 Å². The third-order valence-corrected chi connectivity index (χ3v) is 6.36. The molecule has 3 aromatic rings. The van der Waals surface area contributed by atoms with Crippen LogP contribution in [0.15, 0.2) is 42.5 Å². The first-order valence-corrected chi connectivity index (χ1v) is 11.0. The van der Waals surface area contributed by atoms with E-state index in [0.717, 1.165) is 22.5 Å². The molecule has 1 aliphatic rings. The lowest BCUT2D eigenvalue weighted by Crippen LogP contribution is -2.15. The number of methoxy groups -OCH3 is 1. The normalized spacial score (nSPS) is 15.9. The van der Waals surface area contributed by atoms with Gasteiger partial charge in [0.25, 0.3) is 0 Å². The van der Waals surface area contributed by atoms with Crippen molar-refractivity contribution >= 4 is 35.1 Å². The van der Waals surface area contributed by atoms with Crippen LogP contribution < -0.4 is 14.8 Å². The summed E-state index contributed by atoms with van der Waals surface area (Å²) in [5, 5.41) is 8.28. The summed E-state index contributed by atoms with van der Waals surface area (Å²) in [6, 6.07) is 13.3. The van der Waals surface area contributed by atoms with Gasteiger partial charge in [-0.15, -0.1) is 11.8 Å². The van der Waals surface area contributed by atoms with Crippen molar-refractivity contribution in [3.8, 4) is 17.2 Å². The van der Waals surface area contributed by atoms with Crippen LogP contribution in [0.1, 0.15) is 29.0 Å². The van der Waals surface area contributed by atoms with E-state index in [-0.39, 0.29) is 11.2 Å². The lowest BCUT2D eigenvalue weighted by atomic mass is 10.0. The number of halogens is 1. The van der Waals surface area contributed by atoms with E-state index < -0.39 is 0 Å². The van der Waals surface area contributed by atoms with Gasteiger partial charge >= 0.3 is 0 Å². The van der Waals surface area contributed by atoms with Gasteiger partial charge in [-0.1, -0.05) is 23.7 Å². The van der Waals surface area contributed by atoms with E-state index in [4.69, 9.17) is 26.2 Å². The number of aromatic nitrogens is 2. The Morgan fingerprint density at radius 3 is 2.83 bits per heavy atom. The molecule has 1 amide bonds. The zero-order chi connectivity index (χ0) is 21.3. The highest BCUT2D eigenvalue weighted by Crippen LogP contribution is 2.45. The lowest BCUT2D eigenvalue weighted by Gasteiger charge is -2.18. The largest absolute Gasteiger partial charge is 0.493 e. The van der Waals surface area contributed by atoms with Gasteiger partial charge in [-0.05, 0) is 49.7 Å². The zero-order valence-corrected chi connectivity index (χ0v) is 18.5. The Bertz CT molecular complexity index is 1100. The molecule has 156 valence electrons. The number of hydrogen-bond acceptors (Lipinski definition) is 5. The fourth-order valence-corrected chi connectivity index (χ4v) is 4.93. The lowest BCUT2D eigenvalue weighted by molar-refractivity contribution is -0.113. The molecule has 0 fully saturated rings. The molecule has 0 bridgehead atoms. The summed E-state index contributed by atoms with van der Waals surface area (Å²) >= 11 is 7.75. The van der Waals surface area contributed by atoms with E-state index in [1.807, 2.05) is 56.3 Å². The average molecular weight is 444 g/mol. The van der Waals surface area contributed by atoms with Crippen LogP contribution in [0.3, 0.4) is 0 Å². The van der Waals surface area contributed by atoms with Gasteiger partial charge in [-0.25, -0.2) is 4.68 Å². The van der Waals surface area contributed by atoms with Crippen LogP contribution in [0, 0.1) is 6.92 Å². The van der Waals surface area contributed by atoms with Gasteiger partial charge in [0.05, 0.1) is 36.1 Å². The monoisotopic (exact) mass is 443 g/mol. The fourth-order valence-electron chi connectivity index (χ4n) is 3.57. The summed E-state index contributed by atoms with van der Waals surface area (Å²) in [4.78, 5) is 12.5. The summed E-state index contributed by atoms with van der Waals surface area (Å²) in [5.41, 5.74) is 3.63. The molecule has 1 atom stereocenters. The predicted molar refractivity (Wildman–Crippen MR) is 120 cm³/mol. The molecule has 6 nitrogen and oxygen atoms in total. The Morgan fingerprint density at radius 1 is 1.27 bits per heavy atom. The zero-order valence-electron chi connectivity index (χ0n) is 16.9. The predicted octanol–water partition coefficient (Wildman–Crippen LogP) is 5.02. The summed E-state index contributed by atoms with van der Waals surface area (Å²) in [6.07, 6.45) is 0. The summed E-state index contributed by atoms with van der Waals surface area (Å²) < 4.78 is 12.9. The van der Waals surface area contributed by atoms with Gasteiger partial charge in [0.2, 0.25) is 5.91 Å². The van der Waals surface area contributed by atoms with Crippen LogP contribution in [0.2, 0.25) is 5.02 Å². The van der Waals surface area contributed by atoms with Crippen molar-refractivity contribution in [3.63, 3.8) is 0 Å². The SMILES string of the molecule is CCOc1cc(C2SCC(=O)Nc3c2c(C)nn3-c2cccc(Cl)c2)ccc1OC. The second-order valence-corrected chi connectivity index (χ2v) is 8.35. The van der Waals surface area contributed by atoms with E-state index in [1.165, 1.54) is 0 Å². The number of nitrogens with zero attached hydrogens (tertiary/aromatic N) is 2. The average Bonchev–Trinajstić information content (AvgIpc) is 2.93. The highest BCUT2D eigenvalue weighted by Gasteiger charge is 2.31. The number of carbonyl (C=O) groups is 1. The van der Waals surface area contributed by atoms with E-state index in [1.54, 1.807) is 23.6 Å². The number of ether oxygens (including phenoxy) is 2. The maximum Gasteiger partial charge on any atom is 0.235 e. The number of anilines is 1. The molecular weight excluding hydrogens is 422 g/mol. The van der Waals surface area contributed by atoms with E-state index >= 15 is 0 Å². The number of fused-ring (bicyclic) bond motifs is 1. The van der Waals surface area contributed by atoms with E-state index in [0.29, 0.717) is 34.7 Å². The summed E-state index contributed by atoms with van der Waals surface area (Å²) in [5.74, 6) is 2.31. The molecule has 1 N–H and O–H groups in total. The molecule has 0 aliphatic carbocycles. The van der Waals surface area contributed by atoms with Crippen molar-refractivity contribution in [1.29, 1.82) is 0 Å². The molecule has 30 heavy (non-hydrogen) atoms. The Labute approximate surface area is 184 Å². The van der Waals surface area contributed by atoms with Gasteiger partial charge in [0.15, 0.2) is 11.5 Å². The molecule has 1 aliphatic heterocycles. The van der Waals surface area contributed by atoms with Crippen molar-refractivity contribution in [1.82, 2.24) is 9.78 Å². The molecule has 0 saturated carbocycles. The topological polar surface area (TPSA) is 65.4 Å². The molecule has 0 saturated heterocycles. The number of aryl methyl sites for hydroxylation is 1. The van der Waals surface area contributed by atoms with Crippen molar-refractivity contribution in [2.45, 2.75) is 19.1 Å². The molecule has 2 heterocycles. The highest BCUT2D eigenvalue weighted by atomic mass is 35.5. The number of carbonyl (C=O) groups excluding carboxylic acids is 1. The van der Waals surface area contributed by atoms with Gasteiger partial charge in [-0.2, -0.15) is 5.10 Å². The Balaban J connectivity index is 1.85. The van der Waals surface area contributed by atoms with Gasteiger partial charge in [-0.3, -0.25) is 4.79 Å². The maximum absolute atomic E-state index is 12.5. The second kappa shape index (κ2) is 8.62. The number of amides is 1. The molecule has 2 aromatic carbocycles. The number of hydrogen-bond donors (Lipinski definition) is 1. The fraction of sp³-hybridized carbons (Fsp3) is 0.273. The third-order valence-electron chi connectivity index (χ3n) is 4.85. The minimum absolute atomic E-state index is 0.0644. The van der Waals surface area contributed by atoms with Crippen molar-refractivity contribution < 1.29 is 14.3 Å². The smallest absolute Gasteiger partial charge is 0.235 e. The summed E-state index contributed by atoms with van der Waals surface area (Å²) in [6.45, 7) is 4.43. The Morgan fingerprint density at radius 2 is 2.10 bits per heavy atom. The van der Waals surface area contributed by atoms with E-state index in [2.05, 4.69) is 5.32 Å². The standard InChI is InChI=1S/C22H22ClN3O3S/c1-4-29-18-10-14(8-9-17(18)28-3)21-20-13(2)25-26(16-7-5-6-15(23)11-16)22(20)24-19(27)12-30-21/h5-11,21H,4,12H2,1-3H3,(H,24,27). The van der Waals surface area contributed by atoms with Crippen LogP contribution in [0.4, 0.5) is 5.82 Å². The van der Waals surface area contributed by atoms with Crippen LogP contribution in [-0.2, 0) is 4.79 Å². The maximum atomic E-state index is 12.5. The third kappa shape index (κ3) is 3.87. The Hall–Kier alpha value is -2.64. The van der Waals surface area contributed by atoms with Crippen molar-refractivity contribution in [3.05, 3.63) is 64.3 Å². The number of nitrogens with one attached hydrogen (secondary N) is 1. The quantitative estimate of drug-likeness (QED) is 0.600. The van der Waals surface area contributed by atoms with Crippen LogP contribution >= 0.6 is 23.4 Å². The van der Waals surface area contributed by atoms with Crippen LogP contribution in [-0.4, -0.2) is 35.2 Å². The molecule has 4 rings (SSSR count). The number of benzene rings is 2. The minimum atomic E-state index is -0.0861. The Kier molecular flexibility index (Phi) is 5.92. The first-order chi connectivity index (χ1) is 14.5. The molecule has 0 spiro atoms. The highest BCUT2D eigenvalue weighted by molar-refractivity contribution is 8.00. The molecular formula is C22H22ClN3O3S. The van der Waals surface area contributed by atoms with Crippen LogP contribution in [0.5, 0.6) is 11.5 Å². The van der Waals surface area contributed by atoms with Crippen LogP contribution in [0.25, 0.3) is 5.69 Å². The van der Waals surface area contributed by atoms with Crippen molar-refractivity contribution in [2.24, 2.45) is 0 Å². The van der Waals surface area contributed by atoms with Gasteiger partial charge < -0.3 is 14.8 Å². The molecule has 8 heteroatoms. The molecule has 0 radical (unpaired) electrons. The van der Waals surface area contributed by atoms with Gasteiger partial charge in [0.1, 0.15) is 5.82 Å². The second-order valence-electron chi connectivity index (χ2n) is 6.82. The van der Waals surface area contributed by atoms with Crippen molar-refractivity contribution in [2.75, 3.05) is 24.8 Å². The summed E-state index contributed by atoms with van der Waals surface area (Å²) in [7, 11) is 1.62. The number of thioether (sulfide) groups is 1. The van der Waals surface area contributed by atoms with E-state index in [9.17, 15) is 4.79 Å².